The summed E-state index contributed by atoms with van der Waals surface area (Å²) in [6, 6.07) is 6.18. The fourth-order valence-corrected chi connectivity index (χ4v) is 1.85. The summed E-state index contributed by atoms with van der Waals surface area (Å²) in [4.78, 5) is 0. The Bertz CT molecular complexity index is 504. The smallest absolute Gasteiger partial charge is 0.247 e. The first-order valence-corrected chi connectivity index (χ1v) is 5.00. The number of aromatic nitrogens is 2. The van der Waals surface area contributed by atoms with Crippen LogP contribution in [0.15, 0.2) is 22.6 Å². The largest absolute Gasteiger partial charge is 0.421 e. The van der Waals surface area contributed by atoms with Crippen LogP contribution in [-0.4, -0.2) is 16.7 Å². The number of benzene rings is 1. The second-order valence-corrected chi connectivity index (χ2v) is 3.67. The van der Waals surface area contributed by atoms with Gasteiger partial charge in [0.25, 0.3) is 0 Å². The van der Waals surface area contributed by atoms with E-state index in [0.29, 0.717) is 11.8 Å². The molecule has 0 spiro atoms. The van der Waals surface area contributed by atoms with Crippen LogP contribution in [0.25, 0.3) is 11.5 Å². The third-order valence-corrected chi connectivity index (χ3v) is 2.59. The van der Waals surface area contributed by atoms with Gasteiger partial charge in [-0.1, -0.05) is 0 Å². The first kappa shape index (κ1) is 8.47. The topological polar surface area (TPSA) is 51.0 Å². The second kappa shape index (κ2) is 3.08. The maximum atomic E-state index is 5.39. The maximum absolute atomic E-state index is 5.39. The Labute approximate surface area is 87.3 Å². The Kier molecular flexibility index (Phi) is 1.74. The van der Waals surface area contributed by atoms with Crippen molar-refractivity contribution in [3.05, 3.63) is 29.7 Å². The van der Waals surface area contributed by atoms with Gasteiger partial charge in [-0.05, 0) is 30.2 Å². The van der Waals surface area contributed by atoms with Crippen LogP contribution in [0.4, 0.5) is 5.69 Å². The average molecular weight is 201 g/mol. The van der Waals surface area contributed by atoms with E-state index in [-0.39, 0.29) is 0 Å². The van der Waals surface area contributed by atoms with Crippen molar-refractivity contribution >= 4 is 5.69 Å². The molecule has 0 saturated heterocycles. The summed E-state index contributed by atoms with van der Waals surface area (Å²) in [6.45, 7) is 2.81. The summed E-state index contributed by atoms with van der Waals surface area (Å²) >= 11 is 0. The van der Waals surface area contributed by atoms with E-state index in [2.05, 4.69) is 27.6 Å². The van der Waals surface area contributed by atoms with E-state index in [1.165, 1.54) is 11.3 Å². The van der Waals surface area contributed by atoms with Crippen molar-refractivity contribution in [2.45, 2.75) is 13.3 Å². The SMILES string of the molecule is Cc1nnc(-c2ccc3c(c2)CCN3)o1. The number of fused-ring (bicyclic) bond motifs is 1. The molecule has 1 aliphatic rings. The minimum atomic E-state index is 0.599. The lowest BCUT2D eigenvalue weighted by atomic mass is 10.1. The molecule has 76 valence electrons. The second-order valence-electron chi connectivity index (χ2n) is 3.67. The van der Waals surface area contributed by atoms with Crippen molar-refractivity contribution in [2.75, 3.05) is 11.9 Å². The molecule has 0 fully saturated rings. The van der Waals surface area contributed by atoms with Crippen LogP contribution in [0.1, 0.15) is 11.5 Å². The molecule has 0 amide bonds. The van der Waals surface area contributed by atoms with E-state index in [9.17, 15) is 0 Å². The number of nitrogens with zero attached hydrogens (tertiary/aromatic N) is 2. The van der Waals surface area contributed by atoms with Crippen molar-refractivity contribution in [3.8, 4) is 11.5 Å². The average Bonchev–Trinajstić information content (AvgIpc) is 2.84. The number of aryl methyl sites for hydroxylation is 1. The van der Waals surface area contributed by atoms with Gasteiger partial charge >= 0.3 is 0 Å². The summed E-state index contributed by atoms with van der Waals surface area (Å²) in [5.74, 6) is 1.20. The molecule has 3 rings (SSSR count). The van der Waals surface area contributed by atoms with E-state index in [4.69, 9.17) is 4.42 Å². The summed E-state index contributed by atoms with van der Waals surface area (Å²) in [5.41, 5.74) is 3.54. The lowest BCUT2D eigenvalue weighted by Gasteiger charge is -2.00. The van der Waals surface area contributed by atoms with Gasteiger partial charge in [0.1, 0.15) is 0 Å². The van der Waals surface area contributed by atoms with Gasteiger partial charge in [0.2, 0.25) is 11.8 Å². The molecule has 0 atom stereocenters. The maximum Gasteiger partial charge on any atom is 0.247 e. The molecule has 1 aromatic heterocycles. The first-order valence-electron chi connectivity index (χ1n) is 5.00. The van der Waals surface area contributed by atoms with Crippen LogP contribution in [0.2, 0.25) is 0 Å². The highest BCUT2D eigenvalue weighted by molar-refractivity contribution is 5.64. The van der Waals surface area contributed by atoms with Gasteiger partial charge in [-0.2, -0.15) is 0 Å². The van der Waals surface area contributed by atoms with Crippen LogP contribution in [0, 0.1) is 6.92 Å². The van der Waals surface area contributed by atoms with E-state index >= 15 is 0 Å². The predicted molar refractivity (Wildman–Crippen MR) is 56.7 cm³/mol. The molecule has 0 aliphatic carbocycles. The summed E-state index contributed by atoms with van der Waals surface area (Å²) in [5, 5.41) is 11.1. The molecule has 4 heteroatoms. The van der Waals surface area contributed by atoms with Crippen molar-refractivity contribution in [1.29, 1.82) is 0 Å². The van der Waals surface area contributed by atoms with Gasteiger partial charge in [-0.25, -0.2) is 0 Å². The molecule has 2 aromatic rings. The Balaban J connectivity index is 2.06. The van der Waals surface area contributed by atoms with Crippen molar-refractivity contribution in [1.82, 2.24) is 10.2 Å². The highest BCUT2D eigenvalue weighted by Crippen LogP contribution is 2.27. The monoisotopic (exact) mass is 201 g/mol. The van der Waals surface area contributed by atoms with Crippen LogP contribution in [0.3, 0.4) is 0 Å². The molecule has 4 nitrogen and oxygen atoms in total. The van der Waals surface area contributed by atoms with Gasteiger partial charge in [-0.15, -0.1) is 10.2 Å². The zero-order valence-electron chi connectivity index (χ0n) is 8.45. The van der Waals surface area contributed by atoms with Gasteiger partial charge in [0, 0.05) is 24.7 Å². The first-order chi connectivity index (χ1) is 7.33. The summed E-state index contributed by atoms with van der Waals surface area (Å²) in [7, 11) is 0. The third-order valence-electron chi connectivity index (χ3n) is 2.59. The molecular formula is C11H11N3O. The van der Waals surface area contributed by atoms with Crippen LogP contribution in [-0.2, 0) is 6.42 Å². The zero-order chi connectivity index (χ0) is 10.3. The molecule has 0 unspecified atom stereocenters. The van der Waals surface area contributed by atoms with Gasteiger partial charge < -0.3 is 9.73 Å². The minimum Gasteiger partial charge on any atom is -0.421 e. The summed E-state index contributed by atoms with van der Waals surface area (Å²) in [6.07, 6.45) is 1.07. The van der Waals surface area contributed by atoms with Crippen LogP contribution < -0.4 is 5.32 Å². The van der Waals surface area contributed by atoms with Crippen LogP contribution in [0.5, 0.6) is 0 Å². The standard InChI is InChI=1S/C11H11N3O/c1-7-13-14-11(15-7)9-2-3-10-8(6-9)4-5-12-10/h2-3,6,12H,4-5H2,1H3. The number of hydrogen-bond acceptors (Lipinski definition) is 4. The van der Waals surface area contributed by atoms with E-state index in [0.717, 1.165) is 18.5 Å². The summed E-state index contributed by atoms with van der Waals surface area (Å²) < 4.78 is 5.39. The molecule has 0 bridgehead atoms. The molecule has 15 heavy (non-hydrogen) atoms. The van der Waals surface area contributed by atoms with E-state index < -0.39 is 0 Å². The molecule has 1 aliphatic heterocycles. The predicted octanol–water partition coefficient (Wildman–Crippen LogP) is 2.01. The van der Waals surface area contributed by atoms with Gasteiger partial charge in [0.15, 0.2) is 0 Å². The van der Waals surface area contributed by atoms with Crippen molar-refractivity contribution in [3.63, 3.8) is 0 Å². The van der Waals surface area contributed by atoms with E-state index in [1.807, 2.05) is 6.07 Å². The van der Waals surface area contributed by atoms with Crippen molar-refractivity contribution < 1.29 is 4.42 Å². The quantitative estimate of drug-likeness (QED) is 0.766. The van der Waals surface area contributed by atoms with E-state index in [1.54, 1.807) is 6.92 Å². The molecule has 0 radical (unpaired) electrons. The Morgan fingerprint density at radius 2 is 2.27 bits per heavy atom. The number of hydrogen-bond donors (Lipinski definition) is 1. The number of rotatable bonds is 1. The van der Waals surface area contributed by atoms with Gasteiger partial charge in [0.05, 0.1) is 0 Å². The van der Waals surface area contributed by atoms with Crippen LogP contribution >= 0.6 is 0 Å². The molecule has 2 heterocycles. The Morgan fingerprint density at radius 3 is 3.07 bits per heavy atom. The number of anilines is 1. The lowest BCUT2D eigenvalue weighted by Crippen LogP contribution is -1.90. The lowest BCUT2D eigenvalue weighted by molar-refractivity contribution is 0.533. The van der Waals surface area contributed by atoms with Gasteiger partial charge in [-0.3, -0.25) is 0 Å². The Hall–Kier alpha value is -1.84. The highest BCUT2D eigenvalue weighted by Gasteiger charge is 2.13. The minimum absolute atomic E-state index is 0.599. The normalized spacial score (nSPS) is 13.7. The fourth-order valence-electron chi connectivity index (χ4n) is 1.85. The Morgan fingerprint density at radius 1 is 1.33 bits per heavy atom. The third kappa shape index (κ3) is 1.38. The molecule has 1 aromatic carbocycles. The fraction of sp³-hybridized carbons (Fsp3) is 0.273. The zero-order valence-corrected chi connectivity index (χ0v) is 8.45. The molecule has 0 saturated carbocycles. The molecule has 1 N–H and O–H groups in total. The van der Waals surface area contributed by atoms with Crippen molar-refractivity contribution in [2.24, 2.45) is 0 Å². The number of nitrogens with one attached hydrogen (secondary N) is 1. The highest BCUT2D eigenvalue weighted by atomic mass is 16.4. The molecular weight excluding hydrogens is 190 g/mol.